The lowest BCUT2D eigenvalue weighted by Crippen LogP contribution is -2.32. The van der Waals surface area contributed by atoms with Crippen molar-refractivity contribution in [1.29, 1.82) is 15.8 Å². The zero-order valence-electron chi connectivity index (χ0n) is 44.4. The first-order valence-electron chi connectivity index (χ1n) is 26.3. The number of nitriles is 3. The third-order valence-corrected chi connectivity index (χ3v) is 21.9. The number of carbonyl (C=O) groups excluding carboxylic acids is 1. The van der Waals surface area contributed by atoms with Gasteiger partial charge in [0.15, 0.2) is 29.5 Å². The van der Waals surface area contributed by atoms with Gasteiger partial charge in [-0.3, -0.25) is 4.79 Å². The SMILES string of the molecule is CC1(O)CCC(CS(=O)(=O)c2ccc(-c3ccc(C#N)cc3)c(Cl)c2)CC1.CC1(O)CCC(CS(=O)(=O)c2ccc(-c3ccc(C#N)cc3)c(Cl)c2)CC1.N#Cc1ccc(-c2ccc(S(=O)(=O)CC3CCC(=O)CC3)cc2Cl)cc1. The highest BCUT2D eigenvalue weighted by Crippen LogP contribution is 2.38. The van der Waals surface area contributed by atoms with E-state index in [1.807, 2.05) is 0 Å². The number of aliphatic hydroxyl groups is 2. The van der Waals surface area contributed by atoms with Crippen molar-refractivity contribution in [3.05, 3.63) is 159 Å². The zero-order chi connectivity index (χ0) is 58.0. The Morgan fingerprint density at radius 2 is 0.688 bits per heavy atom. The zero-order valence-corrected chi connectivity index (χ0v) is 49.1. The molecule has 0 atom stereocenters. The summed E-state index contributed by atoms with van der Waals surface area (Å²) in [7, 11) is -10.3. The molecule has 9 rings (SSSR count). The second-order valence-electron chi connectivity index (χ2n) is 21.7. The molecule has 0 amide bonds. The Morgan fingerprint density at radius 1 is 0.438 bits per heavy atom. The van der Waals surface area contributed by atoms with Gasteiger partial charge in [-0.05, 0) is 185 Å². The van der Waals surface area contributed by atoms with Crippen molar-refractivity contribution in [2.24, 2.45) is 17.8 Å². The van der Waals surface area contributed by atoms with Crippen LogP contribution in [0.15, 0.2) is 142 Å². The summed E-state index contributed by atoms with van der Waals surface area (Å²) < 4.78 is 76.5. The van der Waals surface area contributed by atoms with Crippen LogP contribution in [0.3, 0.4) is 0 Å². The number of hydrogen-bond acceptors (Lipinski definition) is 12. The van der Waals surface area contributed by atoms with Gasteiger partial charge < -0.3 is 10.2 Å². The molecule has 3 fully saturated rings. The lowest BCUT2D eigenvalue weighted by molar-refractivity contribution is -0.120. The fraction of sp³-hybridized carbons (Fsp3) is 0.355. The van der Waals surface area contributed by atoms with Gasteiger partial charge >= 0.3 is 0 Å². The van der Waals surface area contributed by atoms with Gasteiger partial charge in [0.05, 0.1) is 78.0 Å². The Morgan fingerprint density at radius 3 is 0.925 bits per heavy atom. The van der Waals surface area contributed by atoms with E-state index in [-0.39, 0.29) is 55.5 Å². The summed E-state index contributed by atoms with van der Waals surface area (Å²) in [4.78, 5) is 12.0. The number of halogens is 3. The second-order valence-corrected chi connectivity index (χ2v) is 29.0. The standard InChI is InChI=1S/2C21H22ClNO3S.C20H18ClNO3S/c2*1-21(24)10-8-16(9-11-21)14-27(25,26)18-6-7-19(20(22)12-18)17-4-2-15(13-23)3-5-17;21-20-11-18(26(24,25)13-15-3-7-17(23)8-4-15)9-10-19(20)16-5-1-14(12-22)2-6-16/h2*2-7,12,16,24H,8-11,14H2,1H3;1-2,5-6,9-11,15H,3-4,7-8,13H2. The van der Waals surface area contributed by atoms with Gasteiger partial charge in [0.2, 0.25) is 0 Å². The molecular formula is C62H62Cl3N3O9S3. The monoisotopic (exact) mass is 1190 g/mol. The van der Waals surface area contributed by atoms with Crippen LogP contribution >= 0.6 is 34.8 Å². The van der Waals surface area contributed by atoms with E-state index < -0.39 is 40.7 Å². The number of Topliss-reactive ketones (excluding diaryl/α,β-unsaturated/α-hetero) is 1. The molecule has 418 valence electrons. The van der Waals surface area contributed by atoms with Gasteiger partial charge in [0.1, 0.15) is 5.78 Å². The van der Waals surface area contributed by atoms with Crippen LogP contribution in [0.4, 0.5) is 0 Å². The summed E-state index contributed by atoms with van der Waals surface area (Å²) in [5.74, 6) is 0.570. The predicted molar refractivity (Wildman–Crippen MR) is 313 cm³/mol. The van der Waals surface area contributed by atoms with Crippen molar-refractivity contribution < 1.29 is 40.3 Å². The Balaban J connectivity index is 0.000000173. The Labute approximate surface area is 485 Å². The maximum absolute atomic E-state index is 12.8. The molecule has 6 aromatic carbocycles. The van der Waals surface area contributed by atoms with Crippen LogP contribution in [0.2, 0.25) is 15.1 Å². The van der Waals surface area contributed by atoms with Crippen molar-refractivity contribution in [2.45, 2.75) is 117 Å². The highest BCUT2D eigenvalue weighted by molar-refractivity contribution is 7.92. The lowest BCUT2D eigenvalue weighted by atomic mass is 9.81. The molecule has 0 heterocycles. The molecule has 2 N–H and O–H groups in total. The van der Waals surface area contributed by atoms with Crippen molar-refractivity contribution in [3.63, 3.8) is 0 Å². The summed E-state index contributed by atoms with van der Waals surface area (Å²) >= 11 is 19.1. The molecule has 12 nitrogen and oxygen atoms in total. The van der Waals surface area contributed by atoms with Gasteiger partial charge in [-0.1, -0.05) is 89.4 Å². The molecule has 6 aromatic rings. The van der Waals surface area contributed by atoms with Gasteiger partial charge in [-0.25, -0.2) is 25.3 Å². The van der Waals surface area contributed by atoms with Gasteiger partial charge in [0, 0.05) is 44.6 Å². The van der Waals surface area contributed by atoms with E-state index in [4.69, 9.17) is 50.6 Å². The number of ketones is 1. The number of benzene rings is 6. The third-order valence-electron chi connectivity index (χ3n) is 15.3. The first-order chi connectivity index (χ1) is 37.8. The molecule has 80 heavy (non-hydrogen) atoms. The molecule has 3 saturated carbocycles. The summed E-state index contributed by atoms with van der Waals surface area (Å²) in [6.07, 6.45) is 7.58. The molecular weight excluding hydrogens is 1130 g/mol. The predicted octanol–water partition coefficient (Wildman–Crippen LogP) is 13.6. The minimum absolute atomic E-state index is 0.0229. The highest BCUT2D eigenvalue weighted by Gasteiger charge is 2.34. The minimum atomic E-state index is -3.45. The number of carbonyl (C=O) groups is 1. The van der Waals surface area contributed by atoms with E-state index >= 15 is 0 Å². The lowest BCUT2D eigenvalue weighted by Gasteiger charge is -2.32. The highest BCUT2D eigenvalue weighted by atomic mass is 35.5. The van der Waals surface area contributed by atoms with Crippen molar-refractivity contribution in [3.8, 4) is 51.6 Å². The van der Waals surface area contributed by atoms with E-state index in [1.54, 1.807) is 123 Å². The largest absolute Gasteiger partial charge is 0.390 e. The van der Waals surface area contributed by atoms with Crippen molar-refractivity contribution in [1.82, 2.24) is 0 Å². The molecule has 0 unspecified atom stereocenters. The maximum atomic E-state index is 12.8. The van der Waals surface area contributed by atoms with Crippen molar-refractivity contribution in [2.75, 3.05) is 17.3 Å². The quantitative estimate of drug-likeness (QED) is 0.117. The first kappa shape index (κ1) is 61.7. The molecule has 0 spiro atoms. The molecule has 18 heteroatoms. The smallest absolute Gasteiger partial charge is 0.178 e. The van der Waals surface area contributed by atoms with Crippen LogP contribution < -0.4 is 0 Å². The average Bonchev–Trinajstić information content (AvgIpc) is 3.43. The number of sulfone groups is 3. The van der Waals surface area contributed by atoms with Crippen LogP contribution in [0.5, 0.6) is 0 Å². The third kappa shape index (κ3) is 16.6. The van der Waals surface area contributed by atoms with Crippen LogP contribution in [0.1, 0.15) is 108 Å². The fourth-order valence-electron chi connectivity index (χ4n) is 10.3. The minimum Gasteiger partial charge on any atom is -0.390 e. The molecule has 0 radical (unpaired) electrons. The van der Waals surface area contributed by atoms with Crippen LogP contribution in [0, 0.1) is 51.7 Å². The van der Waals surface area contributed by atoms with Crippen LogP contribution in [0.25, 0.3) is 33.4 Å². The van der Waals surface area contributed by atoms with Crippen molar-refractivity contribution >= 4 is 70.1 Å². The normalized spacial score (nSPS) is 20.6. The van der Waals surface area contributed by atoms with Crippen LogP contribution in [-0.4, -0.2) is 69.7 Å². The molecule has 3 aliphatic rings. The average molecular weight is 1200 g/mol. The molecule has 0 aromatic heterocycles. The van der Waals surface area contributed by atoms with E-state index in [1.165, 1.54) is 18.2 Å². The maximum Gasteiger partial charge on any atom is 0.178 e. The summed E-state index contributed by atoms with van der Waals surface area (Å²) in [5, 5.41) is 47.8. The number of rotatable bonds is 12. The molecule has 0 bridgehead atoms. The van der Waals surface area contributed by atoms with E-state index in [2.05, 4.69) is 18.2 Å². The summed E-state index contributed by atoms with van der Waals surface area (Å²) in [6, 6.07) is 41.5. The van der Waals surface area contributed by atoms with E-state index in [0.717, 1.165) is 33.4 Å². The first-order valence-corrected chi connectivity index (χ1v) is 32.4. The molecule has 3 aliphatic carbocycles. The fourth-order valence-corrected chi connectivity index (χ4v) is 16.5. The van der Waals surface area contributed by atoms with Gasteiger partial charge in [0.25, 0.3) is 0 Å². The molecule has 0 aliphatic heterocycles. The number of nitrogens with zero attached hydrogens (tertiary/aromatic N) is 3. The topological polar surface area (TPSA) is 231 Å². The Kier molecular flexibility index (Phi) is 20.3. The summed E-state index contributed by atoms with van der Waals surface area (Å²) in [6.45, 7) is 3.61. The Hall–Kier alpha value is -5.90. The van der Waals surface area contributed by atoms with E-state index in [9.17, 15) is 40.3 Å². The molecule has 0 saturated heterocycles. The van der Waals surface area contributed by atoms with Gasteiger partial charge in [-0.2, -0.15) is 15.8 Å². The van der Waals surface area contributed by atoms with Crippen LogP contribution in [-0.2, 0) is 34.3 Å². The van der Waals surface area contributed by atoms with Gasteiger partial charge in [-0.15, -0.1) is 0 Å². The number of hydrogen-bond donors (Lipinski definition) is 2. The Bertz CT molecular complexity index is 3510. The summed E-state index contributed by atoms with van der Waals surface area (Å²) in [5.41, 5.74) is 4.98. The second kappa shape index (κ2) is 26.3. The van der Waals surface area contributed by atoms with E-state index in [0.29, 0.717) is 109 Å².